The van der Waals surface area contributed by atoms with Crippen LogP contribution in [0.25, 0.3) is 28.2 Å². The van der Waals surface area contributed by atoms with E-state index in [1.807, 2.05) is 66.7 Å². The average Bonchev–Trinajstić information content (AvgIpc) is 3.40. The van der Waals surface area contributed by atoms with E-state index in [9.17, 15) is 4.79 Å². The van der Waals surface area contributed by atoms with Crippen molar-refractivity contribution in [2.45, 2.75) is 12.5 Å². The smallest absolute Gasteiger partial charge is 0.272 e. The van der Waals surface area contributed by atoms with E-state index >= 15 is 0 Å². The number of fused-ring (bicyclic) bond motifs is 1. The number of likely N-dealkylation sites (N-methyl/N-ethyl adjacent to an activating group) is 1. The van der Waals surface area contributed by atoms with Crippen molar-refractivity contribution >= 4 is 11.6 Å². The molecule has 4 aromatic rings. The summed E-state index contributed by atoms with van der Waals surface area (Å²) in [5.74, 6) is -0.152. The van der Waals surface area contributed by atoms with Crippen molar-refractivity contribution in [3.8, 4) is 22.5 Å². The van der Waals surface area contributed by atoms with Crippen LogP contribution in [0.4, 0.5) is 0 Å². The summed E-state index contributed by atoms with van der Waals surface area (Å²) in [5, 5.41) is 7.72. The zero-order valence-corrected chi connectivity index (χ0v) is 16.8. The van der Waals surface area contributed by atoms with Crippen molar-refractivity contribution in [2.75, 3.05) is 20.1 Å². The Bertz CT molecular complexity index is 1190. The van der Waals surface area contributed by atoms with Crippen molar-refractivity contribution in [1.29, 1.82) is 0 Å². The van der Waals surface area contributed by atoms with Crippen LogP contribution >= 0.6 is 0 Å². The molecule has 6 heteroatoms. The molecular formula is C24H23N5O. The maximum Gasteiger partial charge on any atom is 0.272 e. The van der Waals surface area contributed by atoms with Crippen LogP contribution in [0.15, 0.2) is 72.8 Å². The quantitative estimate of drug-likeness (QED) is 0.573. The summed E-state index contributed by atoms with van der Waals surface area (Å²) in [5.41, 5.74) is 4.85. The molecular weight excluding hydrogens is 374 g/mol. The largest absolute Gasteiger partial charge is 0.347 e. The molecule has 0 aliphatic carbocycles. The van der Waals surface area contributed by atoms with Crippen LogP contribution in [-0.2, 0) is 0 Å². The Morgan fingerprint density at radius 1 is 1.00 bits per heavy atom. The molecule has 0 bridgehead atoms. The van der Waals surface area contributed by atoms with Gasteiger partial charge in [-0.1, -0.05) is 60.7 Å². The lowest BCUT2D eigenvalue weighted by atomic mass is 10.1. The van der Waals surface area contributed by atoms with Gasteiger partial charge < -0.3 is 10.2 Å². The predicted molar refractivity (Wildman–Crippen MR) is 117 cm³/mol. The Labute approximate surface area is 175 Å². The molecule has 1 saturated heterocycles. The number of carbonyl (C=O) groups is 1. The maximum atomic E-state index is 12.8. The molecule has 30 heavy (non-hydrogen) atoms. The van der Waals surface area contributed by atoms with E-state index in [4.69, 9.17) is 4.98 Å². The monoisotopic (exact) mass is 397 g/mol. The normalized spacial score (nSPS) is 16.8. The lowest BCUT2D eigenvalue weighted by Gasteiger charge is -2.11. The second kappa shape index (κ2) is 7.72. The minimum Gasteiger partial charge on any atom is -0.347 e. The summed E-state index contributed by atoms with van der Waals surface area (Å²) in [6.45, 7) is 1.86. The second-order valence-corrected chi connectivity index (χ2v) is 7.78. The molecule has 6 nitrogen and oxygen atoms in total. The first kappa shape index (κ1) is 18.5. The summed E-state index contributed by atoms with van der Waals surface area (Å²) >= 11 is 0. The molecule has 3 heterocycles. The van der Waals surface area contributed by atoms with Gasteiger partial charge in [-0.2, -0.15) is 5.10 Å². The Kier molecular flexibility index (Phi) is 4.77. The van der Waals surface area contributed by atoms with Gasteiger partial charge in [0.25, 0.3) is 5.91 Å². The van der Waals surface area contributed by atoms with Crippen LogP contribution in [0, 0.1) is 0 Å². The SMILES string of the molecule is CN1CC[C@@H](NC(=O)c2cc3nc(-c4ccccc4)cc(-c4ccccc4)n3n2)C1. The van der Waals surface area contributed by atoms with E-state index < -0.39 is 0 Å². The minimum absolute atomic E-state index is 0.152. The lowest BCUT2D eigenvalue weighted by Crippen LogP contribution is -2.36. The number of hydrogen-bond donors (Lipinski definition) is 1. The first-order chi connectivity index (χ1) is 14.7. The van der Waals surface area contributed by atoms with Crippen molar-refractivity contribution in [2.24, 2.45) is 0 Å². The third-order valence-corrected chi connectivity index (χ3v) is 5.53. The van der Waals surface area contributed by atoms with Crippen molar-refractivity contribution < 1.29 is 4.79 Å². The first-order valence-electron chi connectivity index (χ1n) is 10.2. The Morgan fingerprint density at radius 3 is 2.37 bits per heavy atom. The molecule has 150 valence electrons. The van der Waals surface area contributed by atoms with E-state index in [1.54, 1.807) is 10.6 Å². The molecule has 1 N–H and O–H groups in total. The molecule has 1 atom stereocenters. The standard InChI is InChI=1S/C24H23N5O/c1-28-13-12-19(16-28)25-24(30)21-15-23-26-20(17-8-4-2-5-9-17)14-22(29(23)27-21)18-10-6-3-7-11-18/h2-11,14-15,19H,12-13,16H2,1H3,(H,25,30)/t19-/m1/s1. The van der Waals surface area contributed by atoms with Crippen LogP contribution in [0.2, 0.25) is 0 Å². The molecule has 2 aromatic carbocycles. The number of amides is 1. The zero-order valence-electron chi connectivity index (χ0n) is 16.8. The van der Waals surface area contributed by atoms with Crippen LogP contribution < -0.4 is 5.32 Å². The number of benzene rings is 2. The fraction of sp³-hybridized carbons (Fsp3) is 0.208. The molecule has 0 unspecified atom stereocenters. The van der Waals surface area contributed by atoms with Gasteiger partial charge in [0, 0.05) is 29.8 Å². The fourth-order valence-corrected chi connectivity index (χ4v) is 3.97. The van der Waals surface area contributed by atoms with E-state index in [-0.39, 0.29) is 11.9 Å². The highest BCUT2D eigenvalue weighted by atomic mass is 16.2. The molecule has 5 rings (SSSR count). The summed E-state index contributed by atoms with van der Waals surface area (Å²) in [4.78, 5) is 19.9. The Hall–Kier alpha value is -3.51. The number of nitrogens with zero attached hydrogens (tertiary/aromatic N) is 4. The molecule has 1 aliphatic heterocycles. The highest BCUT2D eigenvalue weighted by Gasteiger charge is 2.23. The van der Waals surface area contributed by atoms with Gasteiger partial charge in [-0.15, -0.1) is 0 Å². The molecule has 0 radical (unpaired) electrons. The predicted octanol–water partition coefficient (Wildman–Crippen LogP) is 3.50. The highest BCUT2D eigenvalue weighted by Crippen LogP contribution is 2.26. The summed E-state index contributed by atoms with van der Waals surface area (Å²) in [7, 11) is 2.07. The number of likely N-dealkylation sites (tertiary alicyclic amines) is 1. The Balaban J connectivity index is 1.58. The van der Waals surface area contributed by atoms with E-state index in [2.05, 4.69) is 22.4 Å². The van der Waals surface area contributed by atoms with Crippen molar-refractivity contribution in [1.82, 2.24) is 24.8 Å². The van der Waals surface area contributed by atoms with Gasteiger partial charge in [-0.05, 0) is 26.1 Å². The summed E-state index contributed by atoms with van der Waals surface area (Å²) in [6.07, 6.45) is 0.960. The third-order valence-electron chi connectivity index (χ3n) is 5.53. The molecule has 1 fully saturated rings. The van der Waals surface area contributed by atoms with Gasteiger partial charge in [0.1, 0.15) is 0 Å². The van der Waals surface area contributed by atoms with Gasteiger partial charge in [0.05, 0.1) is 11.4 Å². The number of rotatable bonds is 4. The first-order valence-corrected chi connectivity index (χ1v) is 10.2. The zero-order chi connectivity index (χ0) is 20.5. The van der Waals surface area contributed by atoms with E-state index in [1.165, 1.54) is 0 Å². The number of carbonyl (C=O) groups excluding carboxylic acids is 1. The third kappa shape index (κ3) is 3.57. The van der Waals surface area contributed by atoms with Gasteiger partial charge in [-0.25, -0.2) is 9.50 Å². The van der Waals surface area contributed by atoms with Crippen molar-refractivity contribution in [3.63, 3.8) is 0 Å². The molecule has 0 spiro atoms. The van der Waals surface area contributed by atoms with Crippen LogP contribution in [0.3, 0.4) is 0 Å². The Morgan fingerprint density at radius 2 is 1.70 bits per heavy atom. The van der Waals surface area contributed by atoms with E-state index in [0.717, 1.165) is 42.0 Å². The number of hydrogen-bond acceptors (Lipinski definition) is 4. The molecule has 2 aromatic heterocycles. The van der Waals surface area contributed by atoms with Crippen LogP contribution in [-0.4, -0.2) is 51.6 Å². The topological polar surface area (TPSA) is 62.5 Å². The maximum absolute atomic E-state index is 12.8. The fourth-order valence-electron chi connectivity index (χ4n) is 3.97. The second-order valence-electron chi connectivity index (χ2n) is 7.78. The highest BCUT2D eigenvalue weighted by molar-refractivity contribution is 5.94. The number of aromatic nitrogens is 3. The van der Waals surface area contributed by atoms with Gasteiger partial charge in [-0.3, -0.25) is 4.79 Å². The summed E-state index contributed by atoms with van der Waals surface area (Å²) < 4.78 is 1.76. The molecule has 1 aliphatic rings. The van der Waals surface area contributed by atoms with E-state index in [0.29, 0.717) is 11.3 Å². The van der Waals surface area contributed by atoms with Crippen LogP contribution in [0.5, 0.6) is 0 Å². The van der Waals surface area contributed by atoms with Crippen molar-refractivity contribution in [3.05, 3.63) is 78.5 Å². The molecule has 1 amide bonds. The van der Waals surface area contributed by atoms with Crippen LogP contribution in [0.1, 0.15) is 16.9 Å². The lowest BCUT2D eigenvalue weighted by molar-refractivity contribution is 0.0933. The summed E-state index contributed by atoms with van der Waals surface area (Å²) in [6, 6.07) is 24.1. The average molecular weight is 397 g/mol. The minimum atomic E-state index is -0.152. The van der Waals surface area contributed by atoms with Gasteiger partial charge in [0.15, 0.2) is 11.3 Å². The number of nitrogens with one attached hydrogen (secondary N) is 1. The van der Waals surface area contributed by atoms with Gasteiger partial charge >= 0.3 is 0 Å². The van der Waals surface area contributed by atoms with Gasteiger partial charge in [0.2, 0.25) is 0 Å². The molecule has 0 saturated carbocycles.